The molecular weight excluding hydrogens is 357 g/mol. The molecule has 6 atom stereocenters. The van der Waals surface area contributed by atoms with Gasteiger partial charge in [0.2, 0.25) is 0 Å². The molecule has 8 heteroatoms. The molecule has 4 rings (SSSR count). The van der Waals surface area contributed by atoms with E-state index in [0.29, 0.717) is 11.9 Å². The zero-order valence-electron chi connectivity index (χ0n) is 15.5. The predicted octanol–water partition coefficient (Wildman–Crippen LogP) is 1.95. The van der Waals surface area contributed by atoms with Crippen molar-refractivity contribution < 1.29 is 28.0 Å². The maximum atomic E-state index is 13.9. The molecule has 3 aliphatic rings. The molecule has 3 heterocycles. The predicted molar refractivity (Wildman–Crippen MR) is 95.3 cm³/mol. The molecule has 1 aromatic carbocycles. The lowest BCUT2D eigenvalue weighted by Crippen LogP contribution is -2.57. The summed E-state index contributed by atoms with van der Waals surface area (Å²) in [6.45, 7) is 7.64. The van der Waals surface area contributed by atoms with Gasteiger partial charge in [0.1, 0.15) is 30.2 Å². The Kier molecular flexibility index (Phi) is 4.36. The van der Waals surface area contributed by atoms with Gasteiger partial charge in [0, 0.05) is 5.30 Å². The van der Waals surface area contributed by atoms with Gasteiger partial charge in [0.05, 0.1) is 6.61 Å². The third-order valence-corrected chi connectivity index (χ3v) is 7.66. The van der Waals surface area contributed by atoms with E-state index in [1.807, 2.05) is 45.9 Å². The zero-order chi connectivity index (χ0) is 18.7. The first-order valence-corrected chi connectivity index (χ1v) is 10.6. The minimum absolute atomic E-state index is 0.328. The van der Waals surface area contributed by atoms with E-state index >= 15 is 0 Å². The third-order valence-electron chi connectivity index (χ3n) is 5.01. The van der Waals surface area contributed by atoms with Crippen molar-refractivity contribution in [2.45, 2.75) is 69.5 Å². The summed E-state index contributed by atoms with van der Waals surface area (Å²) in [6.07, 6.45) is -2.05. The Morgan fingerprint density at radius 2 is 1.62 bits per heavy atom. The summed E-state index contributed by atoms with van der Waals surface area (Å²) in [5.41, 5.74) is 6.40. The Labute approximate surface area is 153 Å². The lowest BCUT2D eigenvalue weighted by molar-refractivity contribution is -0.174. The molecule has 3 aliphatic heterocycles. The molecule has 144 valence electrons. The van der Waals surface area contributed by atoms with E-state index in [2.05, 4.69) is 0 Å². The summed E-state index contributed by atoms with van der Waals surface area (Å²) >= 11 is 0. The molecule has 0 spiro atoms. The van der Waals surface area contributed by atoms with Gasteiger partial charge < -0.3 is 29.2 Å². The van der Waals surface area contributed by atoms with E-state index in [0.717, 1.165) is 0 Å². The van der Waals surface area contributed by atoms with E-state index in [9.17, 15) is 4.57 Å². The minimum atomic E-state index is -3.40. The molecule has 1 aromatic rings. The highest BCUT2D eigenvalue weighted by atomic mass is 31.2. The molecule has 7 nitrogen and oxygen atoms in total. The molecule has 0 aromatic heterocycles. The highest BCUT2D eigenvalue weighted by molar-refractivity contribution is 7.67. The highest BCUT2D eigenvalue weighted by Gasteiger charge is 2.61. The molecule has 0 saturated carbocycles. The van der Waals surface area contributed by atoms with Gasteiger partial charge in [-0.3, -0.25) is 4.57 Å². The monoisotopic (exact) mass is 383 g/mol. The second-order valence-corrected chi connectivity index (χ2v) is 10.4. The second-order valence-electron chi connectivity index (χ2n) is 7.93. The normalized spacial score (nSPS) is 44.0. The first-order chi connectivity index (χ1) is 12.1. The van der Waals surface area contributed by atoms with Crippen LogP contribution in [0, 0.1) is 0 Å². The third kappa shape index (κ3) is 3.06. The summed E-state index contributed by atoms with van der Waals surface area (Å²) in [4.78, 5) is 0. The molecule has 26 heavy (non-hydrogen) atoms. The Morgan fingerprint density at radius 1 is 0.962 bits per heavy atom. The van der Waals surface area contributed by atoms with Crippen LogP contribution in [0.3, 0.4) is 0 Å². The number of benzene rings is 1. The van der Waals surface area contributed by atoms with Crippen LogP contribution in [0.1, 0.15) is 27.7 Å². The second kappa shape index (κ2) is 6.11. The van der Waals surface area contributed by atoms with Crippen molar-refractivity contribution in [2.24, 2.45) is 5.73 Å². The van der Waals surface area contributed by atoms with Gasteiger partial charge in [-0.05, 0) is 39.8 Å². The Balaban J connectivity index is 1.72. The maximum absolute atomic E-state index is 13.9. The van der Waals surface area contributed by atoms with Crippen LogP contribution in [-0.2, 0) is 28.0 Å². The molecule has 3 saturated heterocycles. The molecule has 0 bridgehead atoms. The summed E-state index contributed by atoms with van der Waals surface area (Å²) in [7, 11) is -3.40. The fourth-order valence-corrected chi connectivity index (χ4v) is 6.29. The smallest absolute Gasteiger partial charge is 0.251 e. The standard InChI is InChI=1S/C18H26NO6P/c1-17(2)21-10-12(22-17)13-14-15(24-18(3,4)23-14)16(19)26(20,25-13)11-8-6-5-7-9-11/h5-9,12-16H,10,19H2,1-4H3. The number of rotatable bonds is 2. The number of hydrogen-bond acceptors (Lipinski definition) is 7. The topological polar surface area (TPSA) is 89.2 Å². The van der Waals surface area contributed by atoms with Crippen LogP contribution in [0.2, 0.25) is 0 Å². The summed E-state index contributed by atoms with van der Waals surface area (Å²) in [6, 6.07) is 9.05. The lowest BCUT2D eigenvalue weighted by atomic mass is 10.0. The van der Waals surface area contributed by atoms with Crippen LogP contribution < -0.4 is 11.0 Å². The quantitative estimate of drug-likeness (QED) is 0.781. The van der Waals surface area contributed by atoms with Gasteiger partial charge in [0.15, 0.2) is 11.6 Å². The average molecular weight is 383 g/mol. The van der Waals surface area contributed by atoms with Crippen LogP contribution >= 0.6 is 7.37 Å². The van der Waals surface area contributed by atoms with Crippen molar-refractivity contribution in [3.05, 3.63) is 30.3 Å². The van der Waals surface area contributed by atoms with E-state index in [1.54, 1.807) is 12.1 Å². The van der Waals surface area contributed by atoms with Crippen LogP contribution in [0.25, 0.3) is 0 Å². The van der Waals surface area contributed by atoms with Crippen molar-refractivity contribution in [3.8, 4) is 0 Å². The molecule has 0 radical (unpaired) electrons. The number of fused-ring (bicyclic) bond motifs is 1. The molecular formula is C18H26NO6P. The van der Waals surface area contributed by atoms with Crippen molar-refractivity contribution in [1.29, 1.82) is 0 Å². The number of hydrogen-bond donors (Lipinski definition) is 1. The van der Waals surface area contributed by atoms with Crippen LogP contribution in [-0.4, -0.2) is 48.4 Å². The minimum Gasteiger partial charge on any atom is -0.348 e. The summed E-state index contributed by atoms with van der Waals surface area (Å²) in [5, 5.41) is 0.572. The molecule has 0 aliphatic carbocycles. The first-order valence-electron chi connectivity index (χ1n) is 8.88. The van der Waals surface area contributed by atoms with Crippen molar-refractivity contribution in [1.82, 2.24) is 0 Å². The van der Waals surface area contributed by atoms with Crippen LogP contribution in [0.15, 0.2) is 30.3 Å². The van der Waals surface area contributed by atoms with Gasteiger partial charge in [-0.25, -0.2) is 0 Å². The Hall–Kier alpha value is -0.790. The number of nitrogens with two attached hydrogens (primary N) is 1. The van der Waals surface area contributed by atoms with E-state index in [4.69, 9.17) is 29.2 Å². The number of ether oxygens (including phenoxy) is 4. The zero-order valence-corrected chi connectivity index (χ0v) is 16.3. The largest absolute Gasteiger partial charge is 0.348 e. The van der Waals surface area contributed by atoms with Gasteiger partial charge in [-0.1, -0.05) is 18.2 Å². The van der Waals surface area contributed by atoms with Gasteiger partial charge >= 0.3 is 0 Å². The summed E-state index contributed by atoms with van der Waals surface area (Å²) in [5.74, 6) is -2.38. The van der Waals surface area contributed by atoms with E-state index in [-0.39, 0.29) is 0 Å². The average Bonchev–Trinajstić information content (AvgIpc) is 3.10. The van der Waals surface area contributed by atoms with Crippen LogP contribution in [0.5, 0.6) is 0 Å². The van der Waals surface area contributed by atoms with Gasteiger partial charge in [0.25, 0.3) is 7.37 Å². The van der Waals surface area contributed by atoms with E-state index in [1.165, 1.54) is 0 Å². The molecule has 6 unspecified atom stereocenters. The maximum Gasteiger partial charge on any atom is 0.251 e. The van der Waals surface area contributed by atoms with Crippen molar-refractivity contribution in [3.63, 3.8) is 0 Å². The fourth-order valence-electron chi connectivity index (χ4n) is 3.87. The summed E-state index contributed by atoms with van der Waals surface area (Å²) < 4.78 is 43.8. The first kappa shape index (κ1) is 18.6. The molecule has 2 N–H and O–H groups in total. The highest BCUT2D eigenvalue weighted by Crippen LogP contribution is 2.59. The molecule has 0 amide bonds. The Bertz CT molecular complexity index is 724. The van der Waals surface area contributed by atoms with Gasteiger partial charge in [-0.15, -0.1) is 0 Å². The Morgan fingerprint density at radius 3 is 2.23 bits per heavy atom. The van der Waals surface area contributed by atoms with Gasteiger partial charge in [-0.2, -0.15) is 0 Å². The molecule has 3 fully saturated rings. The van der Waals surface area contributed by atoms with E-state index < -0.39 is 49.1 Å². The van der Waals surface area contributed by atoms with Crippen molar-refractivity contribution in [2.75, 3.05) is 6.61 Å². The SMILES string of the molecule is CC1(C)OCC(C2OP(=O)(c3ccccc3)C(N)C3OC(C)(C)OC23)O1. The van der Waals surface area contributed by atoms with Crippen LogP contribution in [0.4, 0.5) is 0 Å². The lowest BCUT2D eigenvalue weighted by Gasteiger charge is -2.42. The fraction of sp³-hybridized carbons (Fsp3) is 0.667. The van der Waals surface area contributed by atoms with Crippen molar-refractivity contribution >= 4 is 12.7 Å².